The van der Waals surface area contributed by atoms with Crippen LogP contribution in [0.2, 0.25) is 0 Å². The predicted octanol–water partition coefficient (Wildman–Crippen LogP) is 3.88. The average molecular weight is 230 g/mol. The van der Waals surface area contributed by atoms with Crippen LogP contribution in [0, 0.1) is 0 Å². The summed E-state index contributed by atoms with van der Waals surface area (Å²) in [5, 5.41) is 0. The van der Waals surface area contributed by atoms with Crippen molar-refractivity contribution in [2.24, 2.45) is 0 Å². The highest BCUT2D eigenvalue weighted by Gasteiger charge is 1.56. The molecule has 54 valence electrons. The summed E-state index contributed by atoms with van der Waals surface area (Å²) in [6.45, 7) is 8.36. The maximum absolute atomic E-state index is 2.18. The third kappa shape index (κ3) is 73.8. The number of halogens is 1. The second-order valence-corrected chi connectivity index (χ2v) is 1.000. The first kappa shape index (κ1) is 15.9. The number of hydrogen-bond acceptors (Lipinski definition) is 0. The van der Waals surface area contributed by atoms with E-state index in [9.17, 15) is 0 Å². The van der Waals surface area contributed by atoms with E-state index in [1.165, 1.54) is 12.8 Å². The highest BCUT2D eigenvalue weighted by molar-refractivity contribution is 14.1. The molecule has 0 rings (SSSR count). The summed E-state index contributed by atoms with van der Waals surface area (Å²) in [7, 11) is 0. The number of hydrogen-bond donors (Lipinski definition) is 0. The van der Waals surface area contributed by atoms with Crippen LogP contribution < -0.4 is 0 Å². The Hall–Kier alpha value is 0.730. The topological polar surface area (TPSA) is 0 Å². The van der Waals surface area contributed by atoms with E-state index in [4.69, 9.17) is 0 Å². The van der Waals surface area contributed by atoms with E-state index >= 15 is 0 Å². The van der Waals surface area contributed by atoms with E-state index in [1.807, 2.05) is 18.8 Å². The van der Waals surface area contributed by atoms with Crippen molar-refractivity contribution in [3.05, 3.63) is 0 Å². The molecule has 0 heterocycles. The smallest absolute Gasteiger partial charge is 0.0121 e. The molecule has 0 bridgehead atoms. The van der Waals surface area contributed by atoms with Crippen molar-refractivity contribution >= 4 is 22.6 Å². The molecule has 0 atom stereocenters. The molecule has 0 unspecified atom stereocenters. The minimum Gasteiger partial charge on any atom is -0.0901 e. The predicted molar refractivity (Wildman–Crippen MR) is 51.9 cm³/mol. The molecule has 0 aromatic heterocycles. The first-order valence-electron chi connectivity index (χ1n) is 3.29. The summed E-state index contributed by atoms with van der Waals surface area (Å²) in [4.78, 5) is 1.97. The summed E-state index contributed by atoms with van der Waals surface area (Å²) < 4.78 is 0. The molecule has 0 fully saturated rings. The SMILES string of the molecule is CC.CCCC.CI. The molecule has 0 aromatic carbocycles. The van der Waals surface area contributed by atoms with Crippen LogP contribution in [-0.4, -0.2) is 4.93 Å². The lowest BCUT2D eigenvalue weighted by molar-refractivity contribution is 0.886. The van der Waals surface area contributed by atoms with Gasteiger partial charge in [0.25, 0.3) is 0 Å². The Bertz CT molecular complexity index is 6.35. The number of rotatable bonds is 1. The zero-order chi connectivity index (χ0) is 7.41. The van der Waals surface area contributed by atoms with Gasteiger partial charge in [0, 0.05) is 0 Å². The fourth-order valence-corrected chi connectivity index (χ4v) is 0. The lowest BCUT2D eigenvalue weighted by Crippen LogP contribution is -1.47. The zero-order valence-corrected chi connectivity index (χ0v) is 8.95. The molecule has 0 aromatic rings. The fraction of sp³-hybridized carbons (Fsp3) is 1.00. The highest BCUT2D eigenvalue weighted by Crippen LogP contribution is 1.76. The lowest BCUT2D eigenvalue weighted by atomic mass is 10.4. The van der Waals surface area contributed by atoms with Gasteiger partial charge in [-0.1, -0.05) is 63.1 Å². The minimum atomic E-state index is 1.32. The molecule has 0 aliphatic heterocycles. The van der Waals surface area contributed by atoms with Crippen molar-refractivity contribution < 1.29 is 0 Å². The monoisotopic (exact) mass is 230 g/mol. The molecule has 0 aliphatic rings. The maximum Gasteiger partial charge on any atom is -0.0121 e. The summed E-state index contributed by atoms with van der Waals surface area (Å²) in [5.74, 6) is 0. The molecule has 0 radical (unpaired) electrons. The van der Waals surface area contributed by atoms with E-state index in [0.717, 1.165) is 0 Å². The van der Waals surface area contributed by atoms with Gasteiger partial charge in [0.1, 0.15) is 0 Å². The third-order valence-electron chi connectivity index (χ3n) is 0.500. The van der Waals surface area contributed by atoms with Crippen molar-refractivity contribution in [2.75, 3.05) is 4.93 Å². The van der Waals surface area contributed by atoms with Crippen LogP contribution >= 0.6 is 22.6 Å². The number of alkyl halides is 1. The van der Waals surface area contributed by atoms with Gasteiger partial charge in [-0.25, -0.2) is 0 Å². The Kier molecular flexibility index (Phi) is 93.3. The van der Waals surface area contributed by atoms with Crippen molar-refractivity contribution in [2.45, 2.75) is 40.5 Å². The summed E-state index contributed by atoms with van der Waals surface area (Å²) in [6.07, 6.45) is 2.64. The summed E-state index contributed by atoms with van der Waals surface area (Å²) >= 11 is 2.15. The van der Waals surface area contributed by atoms with E-state index in [-0.39, 0.29) is 0 Å². The molecule has 0 aliphatic carbocycles. The van der Waals surface area contributed by atoms with Gasteiger partial charge in [0.05, 0.1) is 0 Å². The summed E-state index contributed by atoms with van der Waals surface area (Å²) in [5.41, 5.74) is 0. The van der Waals surface area contributed by atoms with Crippen LogP contribution in [0.5, 0.6) is 0 Å². The van der Waals surface area contributed by atoms with Gasteiger partial charge in [-0.05, 0) is 4.93 Å². The van der Waals surface area contributed by atoms with Gasteiger partial charge in [0.2, 0.25) is 0 Å². The van der Waals surface area contributed by atoms with E-state index < -0.39 is 0 Å². The normalized spacial score (nSPS) is 5.25. The van der Waals surface area contributed by atoms with Crippen LogP contribution in [-0.2, 0) is 0 Å². The molecule has 0 spiro atoms. The standard InChI is InChI=1S/C4H10.C2H6.CH3I/c1-3-4-2;2*1-2/h3-4H2,1-2H3;1-2H3;1H3. The van der Waals surface area contributed by atoms with Gasteiger partial charge in [-0.15, -0.1) is 0 Å². The first-order chi connectivity index (χ1) is 3.91. The molecule has 0 amide bonds. The van der Waals surface area contributed by atoms with Gasteiger partial charge >= 0.3 is 0 Å². The zero-order valence-electron chi connectivity index (χ0n) is 6.79. The fourth-order valence-electron chi connectivity index (χ4n) is 0. The maximum atomic E-state index is 2.18. The van der Waals surface area contributed by atoms with E-state index in [1.54, 1.807) is 0 Å². The van der Waals surface area contributed by atoms with Crippen LogP contribution in [0.25, 0.3) is 0 Å². The molecular formula is C7H19I. The van der Waals surface area contributed by atoms with Crippen LogP contribution in [0.3, 0.4) is 0 Å². The second-order valence-electron chi connectivity index (χ2n) is 1.000. The van der Waals surface area contributed by atoms with Gasteiger partial charge in [-0.3, -0.25) is 0 Å². The lowest BCUT2D eigenvalue weighted by Gasteiger charge is -1.68. The first-order valence-corrected chi connectivity index (χ1v) is 5.45. The van der Waals surface area contributed by atoms with Crippen LogP contribution in [0.15, 0.2) is 0 Å². The molecule has 1 heteroatoms. The van der Waals surface area contributed by atoms with Crippen molar-refractivity contribution in [3.63, 3.8) is 0 Å². The van der Waals surface area contributed by atoms with E-state index in [2.05, 4.69) is 36.4 Å². The Morgan fingerprint density at radius 1 is 0.875 bits per heavy atom. The quantitative estimate of drug-likeness (QED) is 0.473. The largest absolute Gasteiger partial charge is 0.0901 e. The second kappa shape index (κ2) is 47.0. The Morgan fingerprint density at radius 2 is 1.00 bits per heavy atom. The van der Waals surface area contributed by atoms with Gasteiger partial charge < -0.3 is 0 Å². The Morgan fingerprint density at radius 3 is 1.00 bits per heavy atom. The third-order valence-corrected chi connectivity index (χ3v) is 0.500. The van der Waals surface area contributed by atoms with Crippen LogP contribution in [0.4, 0.5) is 0 Å². The highest BCUT2D eigenvalue weighted by atomic mass is 127. The van der Waals surface area contributed by atoms with Crippen molar-refractivity contribution in [1.29, 1.82) is 0 Å². The molecular weight excluding hydrogens is 211 g/mol. The molecule has 0 saturated carbocycles. The molecule has 8 heavy (non-hydrogen) atoms. The molecule has 0 saturated heterocycles. The van der Waals surface area contributed by atoms with Gasteiger partial charge in [0.15, 0.2) is 0 Å². The van der Waals surface area contributed by atoms with E-state index in [0.29, 0.717) is 0 Å². The van der Waals surface area contributed by atoms with Gasteiger partial charge in [-0.2, -0.15) is 0 Å². The summed E-state index contributed by atoms with van der Waals surface area (Å²) in [6, 6.07) is 0. The number of unbranched alkanes of at least 4 members (excludes halogenated alkanes) is 1. The molecule has 0 nitrogen and oxygen atoms in total. The van der Waals surface area contributed by atoms with Crippen LogP contribution in [0.1, 0.15) is 40.5 Å². The minimum absolute atomic E-state index is 1.32. The van der Waals surface area contributed by atoms with Crippen molar-refractivity contribution in [3.8, 4) is 0 Å². The Labute approximate surface area is 68.2 Å². The average Bonchev–Trinajstić information content (AvgIpc) is 1.96. The molecule has 0 N–H and O–H groups in total. The van der Waals surface area contributed by atoms with Crippen molar-refractivity contribution in [1.82, 2.24) is 0 Å². The Balaban J connectivity index is -0.0000000542.